The molecule has 5 nitrogen and oxygen atoms in total. The molecule has 1 aliphatic heterocycles. The minimum absolute atomic E-state index is 0.0205. The number of carbonyl (C=O) groups is 1. The number of rotatable bonds is 2. The van der Waals surface area contributed by atoms with Gasteiger partial charge in [0.15, 0.2) is 23.0 Å². The number of nitrogens with zero attached hydrogens (tertiary/aromatic N) is 1. The predicted octanol–water partition coefficient (Wildman–Crippen LogP) is 2.02. The smallest absolute Gasteiger partial charge is 0.197 e. The number of Topliss-reactive ketones (excluding diaryl/α,β-unsaturated/α-hetero) is 1. The Hall–Kier alpha value is -2.01. The zero-order valence-electron chi connectivity index (χ0n) is 14.3. The average molecular weight is 329 g/mol. The predicted molar refractivity (Wildman–Crippen MR) is 89.3 cm³/mol. The molecule has 0 radical (unpaired) electrons. The van der Waals surface area contributed by atoms with E-state index >= 15 is 0 Å². The van der Waals surface area contributed by atoms with E-state index < -0.39 is 0 Å². The summed E-state index contributed by atoms with van der Waals surface area (Å²) in [6, 6.07) is 4.18. The Morgan fingerprint density at radius 3 is 2.79 bits per heavy atom. The SMILES string of the molecule is COC1=C[C@@H]2[C@H]3Cc4ccc(OC)c(O)c4[C@]2(CCN3C)CC1=O. The van der Waals surface area contributed by atoms with Crippen molar-refractivity contribution in [1.82, 2.24) is 4.90 Å². The number of aromatic hydroxyl groups is 1. The lowest BCUT2D eigenvalue weighted by Crippen LogP contribution is -2.60. The van der Waals surface area contributed by atoms with Gasteiger partial charge in [-0.3, -0.25) is 4.79 Å². The summed E-state index contributed by atoms with van der Waals surface area (Å²) >= 11 is 0. The molecular formula is C19H23NO4. The summed E-state index contributed by atoms with van der Waals surface area (Å²) in [6.07, 6.45) is 4.08. The molecule has 0 aromatic heterocycles. The number of likely N-dealkylation sites (N-methyl/N-ethyl adjacent to an activating group) is 1. The Morgan fingerprint density at radius 1 is 1.29 bits per heavy atom. The highest BCUT2D eigenvalue weighted by Gasteiger charge is 2.56. The van der Waals surface area contributed by atoms with Gasteiger partial charge < -0.3 is 19.5 Å². The Kier molecular flexibility index (Phi) is 3.39. The fraction of sp³-hybridized carbons (Fsp3) is 0.526. The largest absolute Gasteiger partial charge is 0.504 e. The van der Waals surface area contributed by atoms with Crippen LogP contribution < -0.4 is 4.74 Å². The quantitative estimate of drug-likeness (QED) is 0.899. The number of methoxy groups -OCH3 is 2. The molecule has 2 aliphatic carbocycles. The summed E-state index contributed by atoms with van der Waals surface area (Å²) in [5, 5.41) is 10.9. The zero-order chi connectivity index (χ0) is 17.1. The molecule has 1 N–H and O–H groups in total. The normalized spacial score (nSPS) is 31.8. The van der Waals surface area contributed by atoms with Gasteiger partial charge in [-0.2, -0.15) is 0 Å². The number of ether oxygens (including phenoxy) is 2. The number of allylic oxidation sites excluding steroid dienone is 1. The molecule has 1 heterocycles. The van der Waals surface area contributed by atoms with Gasteiger partial charge in [0.2, 0.25) is 0 Å². The second-order valence-corrected chi connectivity index (χ2v) is 7.17. The Morgan fingerprint density at radius 2 is 2.08 bits per heavy atom. The molecule has 0 unspecified atom stereocenters. The van der Waals surface area contributed by atoms with Crippen LogP contribution in [0.2, 0.25) is 0 Å². The van der Waals surface area contributed by atoms with Gasteiger partial charge in [-0.15, -0.1) is 0 Å². The van der Waals surface area contributed by atoms with Gasteiger partial charge in [-0.05, 0) is 44.1 Å². The number of piperidine rings is 1. The molecule has 5 heteroatoms. The molecule has 3 aliphatic rings. The lowest BCUT2D eigenvalue weighted by molar-refractivity contribution is -0.122. The summed E-state index contributed by atoms with van der Waals surface area (Å²) in [5.41, 5.74) is 1.68. The number of likely N-dealkylation sites (tertiary alicyclic amines) is 1. The number of phenolic OH excluding ortho intramolecular Hbond substituents is 1. The number of benzene rings is 1. The molecular weight excluding hydrogens is 306 g/mol. The van der Waals surface area contributed by atoms with Crippen LogP contribution in [-0.4, -0.2) is 49.6 Å². The van der Waals surface area contributed by atoms with Crippen molar-refractivity contribution in [3.63, 3.8) is 0 Å². The van der Waals surface area contributed by atoms with Crippen LogP contribution in [0.5, 0.6) is 11.5 Å². The van der Waals surface area contributed by atoms with Crippen molar-refractivity contribution in [3.8, 4) is 11.5 Å². The highest BCUT2D eigenvalue weighted by Crippen LogP contribution is 2.57. The van der Waals surface area contributed by atoms with Crippen LogP contribution in [0.4, 0.5) is 0 Å². The number of fused-ring (bicyclic) bond motifs is 1. The standard InChI is InChI=1S/C19H23NO4/c1-20-7-6-19-10-14(21)16(24-3)9-12(19)13(20)8-11-4-5-15(23-2)18(22)17(11)19/h4-5,9,12-13,22H,6-8,10H2,1-3H3/t12-,13-,19-/m1/s1. The van der Waals surface area contributed by atoms with E-state index in [2.05, 4.69) is 11.9 Å². The lowest BCUT2D eigenvalue weighted by Gasteiger charge is -2.56. The Bertz CT molecular complexity index is 741. The minimum Gasteiger partial charge on any atom is -0.504 e. The van der Waals surface area contributed by atoms with Crippen molar-refractivity contribution in [1.29, 1.82) is 0 Å². The monoisotopic (exact) mass is 329 g/mol. The van der Waals surface area contributed by atoms with Crippen LogP contribution >= 0.6 is 0 Å². The van der Waals surface area contributed by atoms with Crippen LogP contribution in [0.1, 0.15) is 24.0 Å². The number of hydrogen-bond donors (Lipinski definition) is 1. The lowest BCUT2D eigenvalue weighted by atomic mass is 9.53. The number of phenols is 1. The molecule has 2 bridgehead atoms. The van der Waals surface area contributed by atoms with E-state index in [0.29, 0.717) is 24.0 Å². The third kappa shape index (κ3) is 1.88. The topological polar surface area (TPSA) is 59.0 Å². The van der Waals surface area contributed by atoms with E-state index in [-0.39, 0.29) is 22.9 Å². The van der Waals surface area contributed by atoms with E-state index in [0.717, 1.165) is 30.5 Å². The molecule has 0 spiro atoms. The fourth-order valence-electron chi connectivity index (χ4n) is 5.03. The molecule has 1 fully saturated rings. The van der Waals surface area contributed by atoms with Crippen molar-refractivity contribution in [2.45, 2.75) is 30.7 Å². The molecule has 128 valence electrons. The van der Waals surface area contributed by atoms with Crippen molar-refractivity contribution in [2.75, 3.05) is 27.8 Å². The molecule has 0 amide bonds. The van der Waals surface area contributed by atoms with Gasteiger partial charge in [-0.25, -0.2) is 0 Å². The summed E-state index contributed by atoms with van der Waals surface area (Å²) < 4.78 is 10.6. The Balaban J connectivity index is 1.97. The fourth-order valence-corrected chi connectivity index (χ4v) is 5.03. The second kappa shape index (κ2) is 5.24. The number of hydrogen-bond acceptors (Lipinski definition) is 5. The minimum atomic E-state index is -0.359. The number of carbonyl (C=O) groups excluding carboxylic acids is 1. The molecule has 4 rings (SSSR count). The Labute approximate surface area is 141 Å². The first-order valence-corrected chi connectivity index (χ1v) is 8.40. The molecule has 1 aromatic rings. The molecule has 1 saturated heterocycles. The molecule has 1 aromatic carbocycles. The first-order valence-electron chi connectivity index (χ1n) is 8.40. The molecule has 3 atom stereocenters. The van der Waals surface area contributed by atoms with Gasteiger partial charge in [0.1, 0.15) is 0 Å². The molecule has 0 saturated carbocycles. The average Bonchev–Trinajstić information content (AvgIpc) is 2.57. The van der Waals surface area contributed by atoms with Crippen LogP contribution in [0.25, 0.3) is 0 Å². The van der Waals surface area contributed by atoms with Crippen molar-refractivity contribution < 1.29 is 19.4 Å². The van der Waals surface area contributed by atoms with Crippen LogP contribution in [-0.2, 0) is 21.4 Å². The van der Waals surface area contributed by atoms with Crippen LogP contribution in [0, 0.1) is 5.92 Å². The maximum atomic E-state index is 12.6. The van der Waals surface area contributed by atoms with Crippen molar-refractivity contribution in [2.24, 2.45) is 5.92 Å². The van der Waals surface area contributed by atoms with Crippen LogP contribution in [0.15, 0.2) is 24.0 Å². The van der Waals surface area contributed by atoms with Crippen molar-refractivity contribution >= 4 is 5.78 Å². The summed E-state index contributed by atoms with van der Waals surface area (Å²) in [6.45, 7) is 0.917. The van der Waals surface area contributed by atoms with Gasteiger partial charge in [0.05, 0.1) is 14.2 Å². The zero-order valence-corrected chi connectivity index (χ0v) is 14.3. The third-order valence-corrected chi connectivity index (χ3v) is 6.21. The maximum Gasteiger partial charge on any atom is 0.197 e. The first-order chi connectivity index (χ1) is 11.5. The molecule has 24 heavy (non-hydrogen) atoms. The highest BCUT2D eigenvalue weighted by atomic mass is 16.5. The van der Waals surface area contributed by atoms with E-state index in [1.165, 1.54) is 0 Å². The van der Waals surface area contributed by atoms with Crippen molar-refractivity contribution in [3.05, 3.63) is 35.1 Å². The van der Waals surface area contributed by atoms with E-state index in [4.69, 9.17) is 9.47 Å². The summed E-state index contributed by atoms with van der Waals surface area (Å²) in [7, 11) is 5.25. The summed E-state index contributed by atoms with van der Waals surface area (Å²) in [5.74, 6) is 1.32. The van der Waals surface area contributed by atoms with E-state index in [9.17, 15) is 9.90 Å². The number of ketones is 1. The van der Waals surface area contributed by atoms with Gasteiger partial charge in [-0.1, -0.05) is 6.07 Å². The van der Waals surface area contributed by atoms with Gasteiger partial charge in [0.25, 0.3) is 0 Å². The van der Waals surface area contributed by atoms with Gasteiger partial charge in [0, 0.05) is 29.4 Å². The first kappa shape index (κ1) is 15.5. The van der Waals surface area contributed by atoms with Gasteiger partial charge >= 0.3 is 0 Å². The second-order valence-electron chi connectivity index (χ2n) is 7.17. The highest BCUT2D eigenvalue weighted by molar-refractivity contribution is 5.96. The van der Waals surface area contributed by atoms with E-state index in [1.54, 1.807) is 14.2 Å². The van der Waals surface area contributed by atoms with Crippen LogP contribution in [0.3, 0.4) is 0 Å². The van der Waals surface area contributed by atoms with E-state index in [1.807, 2.05) is 18.2 Å². The summed E-state index contributed by atoms with van der Waals surface area (Å²) in [4.78, 5) is 15.0. The maximum absolute atomic E-state index is 12.6. The third-order valence-electron chi connectivity index (χ3n) is 6.21.